The summed E-state index contributed by atoms with van der Waals surface area (Å²) in [6.07, 6.45) is 0. The van der Waals surface area contributed by atoms with Crippen LogP contribution in [0.5, 0.6) is 0 Å². The molecule has 2 rings (SSSR count). The fourth-order valence-corrected chi connectivity index (χ4v) is 2.42. The molecule has 2 heterocycles. The van der Waals surface area contributed by atoms with Crippen molar-refractivity contribution >= 4 is 23.6 Å². The second-order valence-corrected chi connectivity index (χ2v) is 5.45. The van der Waals surface area contributed by atoms with Gasteiger partial charge in [-0.25, -0.2) is 4.98 Å². The first-order chi connectivity index (χ1) is 8.10. The minimum absolute atomic E-state index is 0.298. The van der Waals surface area contributed by atoms with Gasteiger partial charge in [-0.3, -0.25) is 0 Å². The fraction of sp³-hybridized carbons (Fsp3) is 0.250. The fourth-order valence-electron chi connectivity index (χ4n) is 1.43. The summed E-state index contributed by atoms with van der Waals surface area (Å²) in [6.45, 7) is 4.12. The average Bonchev–Trinajstić information content (AvgIpc) is 2.76. The molecule has 0 aromatic carbocycles. The zero-order chi connectivity index (χ0) is 12.4. The molecule has 1 N–H and O–H groups in total. The maximum absolute atomic E-state index is 8.81. The summed E-state index contributed by atoms with van der Waals surface area (Å²) in [5.74, 6) is 1.17. The Morgan fingerprint density at radius 2 is 2.24 bits per heavy atom. The number of H-pyrrole nitrogens is 1. The van der Waals surface area contributed by atoms with E-state index in [1.54, 1.807) is 0 Å². The topological polar surface area (TPSA) is 52.5 Å². The largest absolute Gasteiger partial charge is 0.342 e. The molecule has 0 aliphatic carbocycles. The van der Waals surface area contributed by atoms with Gasteiger partial charge >= 0.3 is 0 Å². The highest BCUT2D eigenvalue weighted by atomic mass is 32.1. The summed E-state index contributed by atoms with van der Waals surface area (Å²) in [5.41, 5.74) is 0.931. The van der Waals surface area contributed by atoms with Crippen LogP contribution in [0.2, 0.25) is 0 Å². The van der Waals surface area contributed by atoms with E-state index in [1.165, 1.54) is 11.3 Å². The molecule has 0 bridgehead atoms. The molecule has 0 amide bonds. The summed E-state index contributed by atoms with van der Waals surface area (Å²) in [6, 6.07) is 7.70. The van der Waals surface area contributed by atoms with Gasteiger partial charge in [0.05, 0.1) is 10.6 Å². The number of nitriles is 1. The number of rotatable bonds is 2. The predicted molar refractivity (Wildman–Crippen MR) is 71.5 cm³/mol. The molecule has 86 valence electrons. The van der Waals surface area contributed by atoms with Gasteiger partial charge in [-0.1, -0.05) is 26.1 Å². The average molecular weight is 261 g/mol. The quantitative estimate of drug-likeness (QED) is 0.835. The van der Waals surface area contributed by atoms with Gasteiger partial charge in [-0.15, -0.1) is 11.3 Å². The van der Waals surface area contributed by atoms with Crippen molar-refractivity contribution in [3.05, 3.63) is 33.5 Å². The van der Waals surface area contributed by atoms with Crippen LogP contribution in [-0.4, -0.2) is 9.97 Å². The van der Waals surface area contributed by atoms with E-state index in [0.717, 1.165) is 16.4 Å². The first-order valence-corrected chi connectivity index (χ1v) is 6.44. The van der Waals surface area contributed by atoms with Crippen molar-refractivity contribution in [1.29, 1.82) is 5.26 Å². The van der Waals surface area contributed by atoms with E-state index < -0.39 is 0 Å². The molecule has 2 aromatic rings. The highest BCUT2D eigenvalue weighted by molar-refractivity contribution is 7.71. The van der Waals surface area contributed by atoms with Crippen molar-refractivity contribution in [3.63, 3.8) is 0 Å². The second-order valence-electron chi connectivity index (χ2n) is 3.95. The molecule has 0 fully saturated rings. The number of aromatic amines is 1. The molecule has 0 saturated heterocycles. The summed E-state index contributed by atoms with van der Waals surface area (Å²) in [7, 11) is 0. The van der Waals surface area contributed by atoms with Crippen molar-refractivity contribution in [1.82, 2.24) is 9.97 Å². The number of hydrogen-bond acceptors (Lipinski definition) is 4. The normalized spacial score (nSPS) is 10.5. The van der Waals surface area contributed by atoms with Crippen LogP contribution >= 0.6 is 23.6 Å². The predicted octanol–water partition coefficient (Wildman–Crippen LogP) is 3.86. The van der Waals surface area contributed by atoms with Crippen molar-refractivity contribution in [2.75, 3.05) is 0 Å². The van der Waals surface area contributed by atoms with Crippen LogP contribution < -0.4 is 0 Å². The molecular formula is C12H11N3S2. The van der Waals surface area contributed by atoms with E-state index in [2.05, 4.69) is 29.9 Å². The lowest BCUT2D eigenvalue weighted by Crippen LogP contribution is -1.98. The number of thiophene rings is 1. The Labute approximate surface area is 109 Å². The van der Waals surface area contributed by atoms with E-state index in [4.69, 9.17) is 17.5 Å². The summed E-state index contributed by atoms with van der Waals surface area (Å²) < 4.78 is 0.578. The van der Waals surface area contributed by atoms with Gasteiger partial charge in [0.1, 0.15) is 21.4 Å². The van der Waals surface area contributed by atoms with Crippen LogP contribution in [0.4, 0.5) is 0 Å². The molecule has 0 atom stereocenters. The lowest BCUT2D eigenvalue weighted by atomic mass is 10.2. The second kappa shape index (κ2) is 4.78. The molecule has 2 aromatic heterocycles. The third-order valence-corrected chi connectivity index (χ3v) is 3.52. The van der Waals surface area contributed by atoms with Gasteiger partial charge in [0, 0.05) is 5.92 Å². The van der Waals surface area contributed by atoms with E-state index in [-0.39, 0.29) is 0 Å². The van der Waals surface area contributed by atoms with Crippen LogP contribution in [0.3, 0.4) is 0 Å². The minimum atomic E-state index is 0.298. The zero-order valence-electron chi connectivity index (χ0n) is 9.52. The van der Waals surface area contributed by atoms with E-state index in [1.807, 2.05) is 18.2 Å². The Bertz CT molecular complexity index is 632. The lowest BCUT2D eigenvalue weighted by molar-refractivity contribution is 0.773. The number of hydrogen-bond donors (Lipinski definition) is 1. The van der Waals surface area contributed by atoms with Crippen molar-refractivity contribution in [3.8, 4) is 16.6 Å². The Kier molecular flexibility index (Phi) is 3.36. The molecule has 5 heteroatoms. The first-order valence-electron chi connectivity index (χ1n) is 5.21. The summed E-state index contributed by atoms with van der Waals surface area (Å²) in [4.78, 5) is 9.25. The number of nitrogens with zero attached hydrogens (tertiary/aromatic N) is 2. The lowest BCUT2D eigenvalue weighted by Gasteiger charge is -2.06. The van der Waals surface area contributed by atoms with Gasteiger partial charge in [0.25, 0.3) is 0 Å². The maximum atomic E-state index is 8.81. The first kappa shape index (κ1) is 12.0. The van der Waals surface area contributed by atoms with Crippen LogP contribution in [-0.2, 0) is 0 Å². The molecule has 0 spiro atoms. The van der Waals surface area contributed by atoms with Crippen LogP contribution in [0, 0.1) is 16.0 Å². The molecule has 3 nitrogen and oxygen atoms in total. The molecule has 0 radical (unpaired) electrons. The zero-order valence-corrected chi connectivity index (χ0v) is 11.2. The Balaban J connectivity index is 2.52. The monoisotopic (exact) mass is 261 g/mol. The highest BCUT2D eigenvalue weighted by Gasteiger charge is 2.07. The smallest absolute Gasteiger partial charge is 0.130 e. The van der Waals surface area contributed by atoms with Crippen molar-refractivity contribution in [2.45, 2.75) is 19.8 Å². The van der Waals surface area contributed by atoms with Crippen molar-refractivity contribution < 1.29 is 0 Å². The maximum Gasteiger partial charge on any atom is 0.130 e. The number of nitrogens with one attached hydrogen (secondary N) is 1. The molecular weight excluding hydrogens is 250 g/mol. The summed E-state index contributed by atoms with van der Waals surface area (Å²) >= 11 is 6.60. The van der Waals surface area contributed by atoms with Gasteiger partial charge in [-0.05, 0) is 18.2 Å². The third kappa shape index (κ3) is 2.60. The Morgan fingerprint density at radius 3 is 2.82 bits per heavy atom. The summed E-state index contributed by atoms with van der Waals surface area (Å²) in [5, 5.41) is 8.81. The van der Waals surface area contributed by atoms with Crippen molar-refractivity contribution in [2.24, 2.45) is 0 Å². The van der Waals surface area contributed by atoms with Crippen LogP contribution in [0.1, 0.15) is 30.5 Å². The molecule has 0 unspecified atom stereocenters. The van der Waals surface area contributed by atoms with Gasteiger partial charge < -0.3 is 4.98 Å². The Hall–Kier alpha value is -1.51. The van der Waals surface area contributed by atoms with Gasteiger partial charge in [0.2, 0.25) is 0 Å². The molecule has 0 aliphatic heterocycles. The SMILES string of the molecule is CC(C)c1nc(=S)cc(-c2ccc(C#N)s2)[nH]1. The van der Waals surface area contributed by atoms with E-state index in [0.29, 0.717) is 15.4 Å². The van der Waals surface area contributed by atoms with E-state index in [9.17, 15) is 0 Å². The molecule has 0 aliphatic rings. The van der Waals surface area contributed by atoms with Crippen LogP contribution in [0.25, 0.3) is 10.6 Å². The highest BCUT2D eigenvalue weighted by Crippen LogP contribution is 2.26. The molecule has 0 saturated carbocycles. The van der Waals surface area contributed by atoms with E-state index >= 15 is 0 Å². The van der Waals surface area contributed by atoms with Gasteiger partial charge in [0.15, 0.2) is 0 Å². The standard InChI is InChI=1S/C12H11N3S2/c1-7(2)12-14-9(5-11(16)15-12)10-4-3-8(6-13)17-10/h3-5,7H,1-2H3,(H,14,15,16). The van der Waals surface area contributed by atoms with Gasteiger partial charge in [-0.2, -0.15) is 5.26 Å². The molecule has 17 heavy (non-hydrogen) atoms. The Morgan fingerprint density at radius 1 is 1.47 bits per heavy atom. The van der Waals surface area contributed by atoms with Crippen LogP contribution in [0.15, 0.2) is 18.2 Å². The minimum Gasteiger partial charge on any atom is -0.342 e. The number of aromatic nitrogens is 2. The third-order valence-electron chi connectivity index (χ3n) is 2.29.